The van der Waals surface area contributed by atoms with Crippen LogP contribution in [0.5, 0.6) is 0 Å². The molecule has 7 nitrogen and oxygen atoms in total. The summed E-state index contributed by atoms with van der Waals surface area (Å²) in [5, 5.41) is 18.9. The third kappa shape index (κ3) is 3.44. The molecule has 0 bridgehead atoms. The van der Waals surface area contributed by atoms with Crippen LogP contribution in [0.1, 0.15) is 24.2 Å². The van der Waals surface area contributed by atoms with E-state index in [2.05, 4.69) is 15.5 Å². The average Bonchev–Trinajstić information content (AvgIpc) is 3.00. The van der Waals surface area contributed by atoms with E-state index < -0.39 is 17.9 Å². The normalized spacial score (nSPS) is 13.4. The molecule has 0 aliphatic carbocycles. The number of carboxylic acid groups (broad SMARTS) is 1. The zero-order valence-corrected chi connectivity index (χ0v) is 11.6. The molecular formula is C14H15N3O4. The third-order valence-corrected chi connectivity index (χ3v) is 3.25. The van der Waals surface area contributed by atoms with Gasteiger partial charge in [0.25, 0.3) is 5.91 Å². The van der Waals surface area contributed by atoms with E-state index in [9.17, 15) is 9.59 Å². The lowest BCUT2D eigenvalue weighted by Crippen LogP contribution is -2.40. The summed E-state index contributed by atoms with van der Waals surface area (Å²) in [5.74, 6) is -1.57. The van der Waals surface area contributed by atoms with Gasteiger partial charge in [-0.3, -0.25) is 9.59 Å². The van der Waals surface area contributed by atoms with Crippen molar-refractivity contribution < 1.29 is 19.1 Å². The van der Waals surface area contributed by atoms with Crippen molar-refractivity contribution >= 4 is 11.9 Å². The number of nitrogens with zero attached hydrogens (tertiary/aromatic N) is 2. The third-order valence-electron chi connectivity index (χ3n) is 3.25. The quantitative estimate of drug-likeness (QED) is 0.865. The van der Waals surface area contributed by atoms with Gasteiger partial charge in [0.2, 0.25) is 12.3 Å². The number of carbonyl (C=O) groups excluding carboxylic acids is 1. The maximum Gasteiger partial charge on any atom is 0.308 e. The van der Waals surface area contributed by atoms with Crippen LogP contribution in [0, 0.1) is 5.92 Å². The summed E-state index contributed by atoms with van der Waals surface area (Å²) in [7, 11) is 0. The molecule has 1 amide bonds. The predicted octanol–water partition coefficient (Wildman–Crippen LogP) is 1.58. The Balaban J connectivity index is 2.05. The molecule has 0 aliphatic rings. The number of carbonyl (C=O) groups is 2. The molecule has 0 fully saturated rings. The number of aliphatic carboxylic acids is 1. The lowest BCUT2D eigenvalue weighted by atomic mass is 10.0. The number of hydrogen-bond acceptors (Lipinski definition) is 5. The Morgan fingerprint density at radius 3 is 2.43 bits per heavy atom. The fourth-order valence-corrected chi connectivity index (χ4v) is 1.69. The number of aromatic nitrogens is 2. The van der Waals surface area contributed by atoms with Crippen LogP contribution in [0.3, 0.4) is 0 Å². The molecule has 21 heavy (non-hydrogen) atoms. The molecule has 0 spiro atoms. The van der Waals surface area contributed by atoms with Crippen molar-refractivity contribution in [3.8, 4) is 11.5 Å². The molecule has 0 saturated carbocycles. The molecule has 2 N–H and O–H groups in total. The average molecular weight is 289 g/mol. The lowest BCUT2D eigenvalue weighted by Gasteiger charge is -2.17. The fourth-order valence-electron chi connectivity index (χ4n) is 1.69. The van der Waals surface area contributed by atoms with Crippen molar-refractivity contribution in [1.29, 1.82) is 0 Å². The predicted molar refractivity (Wildman–Crippen MR) is 73.5 cm³/mol. The Hall–Kier alpha value is -2.70. The second-order valence-corrected chi connectivity index (χ2v) is 4.71. The molecule has 1 aromatic carbocycles. The van der Waals surface area contributed by atoms with E-state index in [1.54, 1.807) is 38.1 Å². The van der Waals surface area contributed by atoms with Crippen LogP contribution >= 0.6 is 0 Å². The monoisotopic (exact) mass is 289 g/mol. The largest absolute Gasteiger partial charge is 0.481 e. The second-order valence-electron chi connectivity index (χ2n) is 4.71. The first-order valence-electron chi connectivity index (χ1n) is 6.39. The van der Waals surface area contributed by atoms with Crippen LogP contribution in [0.25, 0.3) is 11.5 Å². The van der Waals surface area contributed by atoms with Gasteiger partial charge in [-0.1, -0.05) is 0 Å². The van der Waals surface area contributed by atoms with E-state index in [0.717, 1.165) is 0 Å². The van der Waals surface area contributed by atoms with Gasteiger partial charge in [0.05, 0.1) is 5.92 Å². The molecule has 1 heterocycles. The number of amides is 1. The van der Waals surface area contributed by atoms with Crippen molar-refractivity contribution in [2.45, 2.75) is 19.9 Å². The molecule has 2 aromatic rings. The summed E-state index contributed by atoms with van der Waals surface area (Å²) in [6.45, 7) is 3.20. The molecule has 0 aliphatic heterocycles. The van der Waals surface area contributed by atoms with E-state index in [1.807, 2.05) is 0 Å². The highest BCUT2D eigenvalue weighted by Crippen LogP contribution is 2.16. The Kier molecular flexibility index (Phi) is 4.32. The van der Waals surface area contributed by atoms with Gasteiger partial charge in [0.1, 0.15) is 0 Å². The zero-order valence-electron chi connectivity index (χ0n) is 11.6. The first-order valence-corrected chi connectivity index (χ1v) is 6.39. The molecule has 1 aromatic heterocycles. The standard InChI is InChI=1S/C14H15N3O4/c1-8(14(19)20)9(2)16-12(18)10-3-5-11(6-4-10)13-17-15-7-21-13/h3-9H,1-2H3,(H,16,18)(H,19,20). The van der Waals surface area contributed by atoms with Crippen LogP contribution in [0.4, 0.5) is 0 Å². The smallest absolute Gasteiger partial charge is 0.308 e. The van der Waals surface area contributed by atoms with Crippen molar-refractivity contribution in [3.05, 3.63) is 36.2 Å². The Morgan fingerprint density at radius 2 is 1.90 bits per heavy atom. The Bertz CT molecular complexity index is 622. The summed E-state index contributed by atoms with van der Waals surface area (Å²) >= 11 is 0. The van der Waals surface area contributed by atoms with Gasteiger partial charge in [0, 0.05) is 17.2 Å². The van der Waals surface area contributed by atoms with E-state index in [-0.39, 0.29) is 5.91 Å². The summed E-state index contributed by atoms with van der Waals surface area (Å²) in [6.07, 6.45) is 1.23. The molecule has 2 atom stereocenters. The summed E-state index contributed by atoms with van der Waals surface area (Å²) in [6, 6.07) is 6.15. The SMILES string of the molecule is CC(NC(=O)c1ccc(-c2nnco2)cc1)C(C)C(=O)O. The van der Waals surface area contributed by atoms with Crippen LogP contribution in [0.2, 0.25) is 0 Å². The van der Waals surface area contributed by atoms with E-state index in [4.69, 9.17) is 9.52 Å². The van der Waals surface area contributed by atoms with Gasteiger partial charge in [0.15, 0.2) is 0 Å². The van der Waals surface area contributed by atoms with Gasteiger partial charge < -0.3 is 14.8 Å². The molecule has 2 rings (SSSR count). The minimum absolute atomic E-state index is 0.326. The second kappa shape index (κ2) is 6.17. The number of nitrogens with one attached hydrogen (secondary N) is 1. The van der Waals surface area contributed by atoms with Crippen LogP contribution < -0.4 is 5.32 Å². The number of hydrogen-bond donors (Lipinski definition) is 2. The minimum Gasteiger partial charge on any atom is -0.481 e. The van der Waals surface area contributed by atoms with Crippen molar-refractivity contribution in [2.24, 2.45) is 5.92 Å². The van der Waals surface area contributed by atoms with Gasteiger partial charge in [-0.2, -0.15) is 0 Å². The first-order chi connectivity index (χ1) is 9.99. The molecule has 0 radical (unpaired) electrons. The topological polar surface area (TPSA) is 105 Å². The van der Waals surface area contributed by atoms with E-state index in [0.29, 0.717) is 17.0 Å². The Morgan fingerprint density at radius 1 is 1.24 bits per heavy atom. The summed E-state index contributed by atoms with van der Waals surface area (Å²) in [4.78, 5) is 22.9. The van der Waals surface area contributed by atoms with Crippen molar-refractivity contribution in [1.82, 2.24) is 15.5 Å². The lowest BCUT2D eigenvalue weighted by molar-refractivity contribution is -0.141. The fraction of sp³-hybridized carbons (Fsp3) is 0.286. The van der Waals surface area contributed by atoms with Gasteiger partial charge >= 0.3 is 5.97 Å². The summed E-state index contributed by atoms with van der Waals surface area (Å²) in [5.41, 5.74) is 1.14. The number of rotatable bonds is 5. The van der Waals surface area contributed by atoms with E-state index in [1.165, 1.54) is 6.39 Å². The van der Waals surface area contributed by atoms with Crippen molar-refractivity contribution in [2.75, 3.05) is 0 Å². The molecule has 7 heteroatoms. The molecule has 2 unspecified atom stereocenters. The van der Waals surface area contributed by atoms with Gasteiger partial charge in [-0.25, -0.2) is 0 Å². The van der Waals surface area contributed by atoms with Gasteiger partial charge in [-0.05, 0) is 38.1 Å². The van der Waals surface area contributed by atoms with Crippen LogP contribution in [0.15, 0.2) is 35.1 Å². The minimum atomic E-state index is -0.949. The highest BCUT2D eigenvalue weighted by atomic mass is 16.4. The Labute approximate surface area is 121 Å². The zero-order chi connectivity index (χ0) is 15.4. The van der Waals surface area contributed by atoms with Crippen LogP contribution in [-0.4, -0.2) is 33.2 Å². The van der Waals surface area contributed by atoms with Crippen LogP contribution in [-0.2, 0) is 4.79 Å². The highest BCUT2D eigenvalue weighted by molar-refractivity contribution is 5.95. The van der Waals surface area contributed by atoms with Crippen molar-refractivity contribution in [3.63, 3.8) is 0 Å². The van der Waals surface area contributed by atoms with Gasteiger partial charge in [-0.15, -0.1) is 10.2 Å². The molecule has 110 valence electrons. The molecule has 0 saturated heterocycles. The maximum absolute atomic E-state index is 12.0. The van der Waals surface area contributed by atoms with E-state index >= 15 is 0 Å². The first kappa shape index (κ1) is 14.7. The summed E-state index contributed by atoms with van der Waals surface area (Å²) < 4.78 is 5.05. The number of carboxylic acids is 1. The maximum atomic E-state index is 12.0. The molecular weight excluding hydrogens is 274 g/mol. The number of benzene rings is 1. The highest BCUT2D eigenvalue weighted by Gasteiger charge is 2.21.